The van der Waals surface area contributed by atoms with Gasteiger partial charge in [-0.15, -0.1) is 0 Å². The Bertz CT molecular complexity index is 333. The summed E-state index contributed by atoms with van der Waals surface area (Å²) in [4.78, 5) is 6.63. The molecule has 0 saturated carbocycles. The average molecular weight is 254 g/mol. The smallest absolute Gasteiger partial charge is 0.141 e. The quantitative estimate of drug-likeness (QED) is 0.769. The number of nitrogens with zero attached hydrogens (tertiary/aromatic N) is 4. The summed E-state index contributed by atoms with van der Waals surface area (Å²) in [6.07, 6.45) is 3.79. The Balaban J connectivity index is 2.79. The lowest BCUT2D eigenvalue weighted by atomic mass is 10.1. The zero-order valence-electron chi connectivity index (χ0n) is 12.0. The van der Waals surface area contributed by atoms with Crippen molar-refractivity contribution in [2.45, 2.75) is 59.2 Å². The standard InChI is InChI=1S/C13H26N4O/c1-5-12(6-2)16(7-8-18)9-13-14-10-15-17(13)11(3)4/h10-12,18H,5-9H2,1-4H3. The van der Waals surface area contributed by atoms with E-state index in [2.05, 4.69) is 42.7 Å². The molecular weight excluding hydrogens is 228 g/mol. The summed E-state index contributed by atoms with van der Waals surface area (Å²) in [5.41, 5.74) is 0. The second-order valence-corrected chi connectivity index (χ2v) is 4.88. The zero-order chi connectivity index (χ0) is 13.5. The van der Waals surface area contributed by atoms with Crippen molar-refractivity contribution in [3.05, 3.63) is 12.2 Å². The first-order chi connectivity index (χ1) is 8.63. The maximum atomic E-state index is 9.20. The summed E-state index contributed by atoms with van der Waals surface area (Å²) in [7, 11) is 0. The number of rotatable bonds is 8. The van der Waals surface area contributed by atoms with Crippen molar-refractivity contribution in [3.8, 4) is 0 Å². The lowest BCUT2D eigenvalue weighted by molar-refractivity contribution is 0.131. The first-order valence-electron chi connectivity index (χ1n) is 6.87. The Labute approximate surface area is 110 Å². The lowest BCUT2D eigenvalue weighted by Crippen LogP contribution is -2.37. The van der Waals surface area contributed by atoms with Gasteiger partial charge in [0.15, 0.2) is 0 Å². The van der Waals surface area contributed by atoms with Gasteiger partial charge in [0, 0.05) is 18.6 Å². The minimum absolute atomic E-state index is 0.187. The van der Waals surface area contributed by atoms with E-state index in [0.29, 0.717) is 18.6 Å². The van der Waals surface area contributed by atoms with Gasteiger partial charge in [0.2, 0.25) is 0 Å². The molecule has 0 atom stereocenters. The summed E-state index contributed by atoms with van der Waals surface area (Å²) >= 11 is 0. The first kappa shape index (κ1) is 15.1. The van der Waals surface area contributed by atoms with Crippen molar-refractivity contribution in [2.75, 3.05) is 13.2 Å². The van der Waals surface area contributed by atoms with Crippen molar-refractivity contribution in [3.63, 3.8) is 0 Å². The van der Waals surface area contributed by atoms with E-state index < -0.39 is 0 Å². The van der Waals surface area contributed by atoms with Gasteiger partial charge in [-0.05, 0) is 26.7 Å². The molecule has 0 saturated heterocycles. The number of aromatic nitrogens is 3. The fourth-order valence-electron chi connectivity index (χ4n) is 2.32. The molecule has 5 heteroatoms. The average Bonchev–Trinajstić information content (AvgIpc) is 2.79. The van der Waals surface area contributed by atoms with E-state index in [9.17, 15) is 5.11 Å². The maximum Gasteiger partial charge on any atom is 0.141 e. The molecular formula is C13H26N4O. The predicted molar refractivity (Wildman–Crippen MR) is 72.3 cm³/mol. The van der Waals surface area contributed by atoms with Gasteiger partial charge < -0.3 is 5.11 Å². The van der Waals surface area contributed by atoms with Crippen LogP contribution in [0, 0.1) is 0 Å². The summed E-state index contributed by atoms with van der Waals surface area (Å²) < 4.78 is 1.95. The molecule has 0 aliphatic carbocycles. The third kappa shape index (κ3) is 3.78. The summed E-state index contributed by atoms with van der Waals surface area (Å²) in [5.74, 6) is 0.977. The zero-order valence-corrected chi connectivity index (χ0v) is 12.0. The number of hydrogen-bond acceptors (Lipinski definition) is 4. The van der Waals surface area contributed by atoms with Crippen LogP contribution in [0.2, 0.25) is 0 Å². The highest BCUT2D eigenvalue weighted by Gasteiger charge is 2.18. The molecule has 0 spiro atoms. The van der Waals surface area contributed by atoms with E-state index in [-0.39, 0.29) is 6.61 Å². The molecule has 0 aliphatic rings. The third-order valence-corrected chi connectivity index (χ3v) is 3.33. The molecule has 104 valence electrons. The topological polar surface area (TPSA) is 54.2 Å². The predicted octanol–water partition coefficient (Wildman–Crippen LogP) is 1.84. The minimum Gasteiger partial charge on any atom is -0.395 e. The lowest BCUT2D eigenvalue weighted by Gasteiger charge is -2.29. The monoisotopic (exact) mass is 254 g/mol. The number of aliphatic hydroxyl groups excluding tert-OH is 1. The molecule has 0 bridgehead atoms. The first-order valence-corrected chi connectivity index (χ1v) is 6.87. The Morgan fingerprint density at radius 3 is 2.50 bits per heavy atom. The van der Waals surface area contributed by atoms with Gasteiger partial charge in [-0.1, -0.05) is 13.8 Å². The van der Waals surface area contributed by atoms with Crippen molar-refractivity contribution >= 4 is 0 Å². The molecule has 0 amide bonds. The van der Waals surface area contributed by atoms with Gasteiger partial charge in [0.25, 0.3) is 0 Å². The Hall–Kier alpha value is -0.940. The summed E-state index contributed by atoms with van der Waals surface area (Å²) in [6.45, 7) is 10.2. The summed E-state index contributed by atoms with van der Waals surface area (Å²) in [6, 6.07) is 0.814. The van der Waals surface area contributed by atoms with E-state index in [1.165, 1.54) is 0 Å². The van der Waals surface area contributed by atoms with Crippen LogP contribution in [0.25, 0.3) is 0 Å². The molecule has 1 aromatic rings. The fraction of sp³-hybridized carbons (Fsp3) is 0.846. The van der Waals surface area contributed by atoms with Gasteiger partial charge in [0.05, 0.1) is 13.2 Å². The molecule has 18 heavy (non-hydrogen) atoms. The van der Waals surface area contributed by atoms with Crippen LogP contribution in [0.4, 0.5) is 0 Å². The molecule has 0 aromatic carbocycles. The molecule has 1 rings (SSSR count). The highest BCUT2D eigenvalue weighted by Crippen LogP contribution is 2.14. The van der Waals surface area contributed by atoms with Crippen LogP contribution in [0.15, 0.2) is 6.33 Å². The SMILES string of the molecule is CCC(CC)N(CCO)Cc1ncnn1C(C)C. The Morgan fingerprint density at radius 1 is 1.33 bits per heavy atom. The molecule has 1 N–H and O–H groups in total. The number of aliphatic hydroxyl groups is 1. The van der Waals surface area contributed by atoms with E-state index in [0.717, 1.165) is 25.2 Å². The Morgan fingerprint density at radius 2 is 2.00 bits per heavy atom. The highest BCUT2D eigenvalue weighted by atomic mass is 16.3. The second kappa shape index (κ2) is 7.48. The maximum absolute atomic E-state index is 9.20. The number of hydrogen-bond donors (Lipinski definition) is 1. The largest absolute Gasteiger partial charge is 0.395 e. The van der Waals surface area contributed by atoms with Crippen LogP contribution in [-0.2, 0) is 6.54 Å². The molecule has 5 nitrogen and oxygen atoms in total. The van der Waals surface area contributed by atoms with E-state index in [1.54, 1.807) is 6.33 Å². The summed E-state index contributed by atoms with van der Waals surface area (Å²) in [5, 5.41) is 13.5. The molecule has 0 unspecified atom stereocenters. The van der Waals surface area contributed by atoms with Crippen molar-refractivity contribution in [2.24, 2.45) is 0 Å². The third-order valence-electron chi connectivity index (χ3n) is 3.33. The van der Waals surface area contributed by atoms with Crippen LogP contribution in [0.5, 0.6) is 0 Å². The fourth-order valence-corrected chi connectivity index (χ4v) is 2.32. The van der Waals surface area contributed by atoms with Crippen molar-refractivity contribution in [1.82, 2.24) is 19.7 Å². The van der Waals surface area contributed by atoms with Gasteiger partial charge >= 0.3 is 0 Å². The van der Waals surface area contributed by atoms with Crippen molar-refractivity contribution in [1.29, 1.82) is 0 Å². The van der Waals surface area contributed by atoms with E-state index in [4.69, 9.17) is 0 Å². The van der Waals surface area contributed by atoms with Crippen LogP contribution < -0.4 is 0 Å². The van der Waals surface area contributed by atoms with Crippen LogP contribution >= 0.6 is 0 Å². The molecule has 0 aliphatic heterocycles. The molecule has 1 heterocycles. The van der Waals surface area contributed by atoms with Gasteiger partial charge in [-0.2, -0.15) is 5.10 Å². The van der Waals surface area contributed by atoms with Crippen LogP contribution in [0.3, 0.4) is 0 Å². The molecule has 0 radical (unpaired) electrons. The minimum atomic E-state index is 0.187. The molecule has 1 aromatic heterocycles. The van der Waals surface area contributed by atoms with Crippen LogP contribution in [-0.4, -0.2) is 44.0 Å². The van der Waals surface area contributed by atoms with E-state index >= 15 is 0 Å². The van der Waals surface area contributed by atoms with Gasteiger partial charge in [-0.3, -0.25) is 4.90 Å². The second-order valence-electron chi connectivity index (χ2n) is 4.88. The van der Waals surface area contributed by atoms with E-state index in [1.807, 2.05) is 4.68 Å². The Kier molecular flexibility index (Phi) is 6.29. The van der Waals surface area contributed by atoms with Crippen molar-refractivity contribution < 1.29 is 5.11 Å². The highest BCUT2D eigenvalue weighted by molar-refractivity contribution is 4.88. The molecule has 0 fully saturated rings. The normalized spacial score (nSPS) is 12.0. The van der Waals surface area contributed by atoms with Gasteiger partial charge in [0.1, 0.15) is 12.2 Å². The van der Waals surface area contributed by atoms with Gasteiger partial charge in [-0.25, -0.2) is 9.67 Å². The van der Waals surface area contributed by atoms with Crippen LogP contribution in [0.1, 0.15) is 52.4 Å².